The number of nitrogens with zero attached hydrogens (tertiary/aromatic N) is 4. The third-order valence-corrected chi connectivity index (χ3v) is 2.21. The SMILES string of the molecule is [N-]=[N+]=NCC1CN2CCC2O1. The van der Waals surface area contributed by atoms with Crippen LogP contribution >= 0.6 is 0 Å². The predicted octanol–water partition coefficient (Wildman–Crippen LogP) is 0.727. The average molecular weight is 154 g/mol. The van der Waals surface area contributed by atoms with Crippen molar-refractivity contribution in [2.75, 3.05) is 19.6 Å². The zero-order chi connectivity index (χ0) is 7.68. The summed E-state index contributed by atoms with van der Waals surface area (Å²) in [5, 5.41) is 3.48. The molecule has 2 heterocycles. The van der Waals surface area contributed by atoms with Gasteiger partial charge in [0, 0.05) is 18.0 Å². The lowest BCUT2D eigenvalue weighted by molar-refractivity contribution is -0.0539. The van der Waals surface area contributed by atoms with E-state index in [9.17, 15) is 0 Å². The Hall–Kier alpha value is -0.770. The largest absolute Gasteiger partial charge is 0.358 e. The molecule has 0 aromatic carbocycles. The minimum atomic E-state index is 0.137. The van der Waals surface area contributed by atoms with E-state index >= 15 is 0 Å². The van der Waals surface area contributed by atoms with E-state index in [1.807, 2.05) is 0 Å². The Morgan fingerprint density at radius 3 is 3.09 bits per heavy atom. The van der Waals surface area contributed by atoms with Gasteiger partial charge in [0.05, 0.1) is 12.6 Å². The highest BCUT2D eigenvalue weighted by Gasteiger charge is 2.38. The number of hydrogen-bond acceptors (Lipinski definition) is 3. The lowest BCUT2D eigenvalue weighted by atomic mass is 10.2. The number of azide groups is 1. The molecule has 5 heteroatoms. The van der Waals surface area contributed by atoms with Crippen LogP contribution in [0, 0.1) is 0 Å². The minimum absolute atomic E-state index is 0.137. The highest BCUT2D eigenvalue weighted by Crippen LogP contribution is 2.26. The van der Waals surface area contributed by atoms with Crippen LogP contribution in [0.2, 0.25) is 0 Å². The molecule has 2 saturated heterocycles. The van der Waals surface area contributed by atoms with Gasteiger partial charge in [-0.2, -0.15) is 0 Å². The van der Waals surface area contributed by atoms with Crippen LogP contribution in [0.25, 0.3) is 10.4 Å². The fourth-order valence-electron chi connectivity index (χ4n) is 1.54. The van der Waals surface area contributed by atoms with Gasteiger partial charge in [0.2, 0.25) is 0 Å². The van der Waals surface area contributed by atoms with Crippen LogP contribution in [0.15, 0.2) is 5.11 Å². The second-order valence-electron chi connectivity index (χ2n) is 2.91. The van der Waals surface area contributed by atoms with E-state index in [1.54, 1.807) is 0 Å². The molecule has 0 aromatic heterocycles. The average Bonchev–Trinajstić information content (AvgIpc) is 2.25. The molecule has 0 saturated carbocycles. The zero-order valence-corrected chi connectivity index (χ0v) is 6.18. The van der Waals surface area contributed by atoms with Crippen LogP contribution in [0.1, 0.15) is 6.42 Å². The molecule has 5 nitrogen and oxygen atoms in total. The van der Waals surface area contributed by atoms with Gasteiger partial charge < -0.3 is 4.74 Å². The monoisotopic (exact) mass is 154 g/mol. The van der Waals surface area contributed by atoms with E-state index in [1.165, 1.54) is 0 Å². The Kier molecular flexibility index (Phi) is 1.69. The minimum Gasteiger partial charge on any atom is -0.358 e. The molecule has 0 aromatic rings. The molecule has 11 heavy (non-hydrogen) atoms. The van der Waals surface area contributed by atoms with Crippen LogP contribution in [-0.2, 0) is 4.74 Å². The molecule has 2 rings (SSSR count). The molecule has 0 N–H and O–H groups in total. The molecule has 2 aliphatic rings. The van der Waals surface area contributed by atoms with Gasteiger partial charge in [-0.3, -0.25) is 4.90 Å². The maximum absolute atomic E-state index is 8.06. The van der Waals surface area contributed by atoms with Gasteiger partial charge in [0.25, 0.3) is 0 Å². The molecule has 2 aliphatic heterocycles. The maximum Gasteiger partial charge on any atom is 0.112 e. The van der Waals surface area contributed by atoms with Crippen LogP contribution in [0.4, 0.5) is 0 Å². The molecule has 2 unspecified atom stereocenters. The topological polar surface area (TPSA) is 61.2 Å². The van der Waals surface area contributed by atoms with Crippen LogP contribution in [0.5, 0.6) is 0 Å². The summed E-state index contributed by atoms with van der Waals surface area (Å²) in [7, 11) is 0. The number of ether oxygens (including phenoxy) is 1. The van der Waals surface area contributed by atoms with E-state index in [0.717, 1.165) is 19.5 Å². The molecular weight excluding hydrogens is 144 g/mol. The lowest BCUT2D eigenvalue weighted by Gasteiger charge is -2.32. The lowest BCUT2D eigenvalue weighted by Crippen LogP contribution is -2.43. The normalized spacial score (nSPS) is 35.6. The van der Waals surface area contributed by atoms with E-state index in [-0.39, 0.29) is 6.10 Å². The van der Waals surface area contributed by atoms with Crippen molar-refractivity contribution in [2.24, 2.45) is 5.11 Å². The molecular formula is C6H10N4O. The van der Waals surface area contributed by atoms with E-state index in [0.29, 0.717) is 12.8 Å². The van der Waals surface area contributed by atoms with Crippen molar-refractivity contribution in [2.45, 2.75) is 18.8 Å². The highest BCUT2D eigenvalue weighted by molar-refractivity contribution is 4.86. The molecule has 0 aliphatic carbocycles. The Morgan fingerprint density at radius 1 is 1.73 bits per heavy atom. The first kappa shape index (κ1) is 6.91. The standard InChI is InChI=1S/C6H10N4O/c7-9-8-3-5-4-10-2-1-6(10)11-5/h5-6H,1-4H2. The van der Waals surface area contributed by atoms with Crippen LogP contribution < -0.4 is 0 Å². The zero-order valence-electron chi connectivity index (χ0n) is 6.18. The first-order valence-corrected chi connectivity index (χ1v) is 3.80. The van der Waals surface area contributed by atoms with Crippen molar-refractivity contribution in [3.05, 3.63) is 10.4 Å². The third kappa shape index (κ3) is 1.18. The van der Waals surface area contributed by atoms with E-state index < -0.39 is 0 Å². The molecule has 2 atom stereocenters. The van der Waals surface area contributed by atoms with Gasteiger partial charge in [-0.1, -0.05) is 5.11 Å². The third-order valence-electron chi connectivity index (χ3n) is 2.21. The van der Waals surface area contributed by atoms with E-state index in [4.69, 9.17) is 10.3 Å². The summed E-state index contributed by atoms with van der Waals surface area (Å²) in [6.45, 7) is 2.55. The highest BCUT2D eigenvalue weighted by atomic mass is 16.5. The molecule has 60 valence electrons. The molecule has 0 spiro atoms. The molecule has 0 radical (unpaired) electrons. The maximum atomic E-state index is 8.06. The van der Waals surface area contributed by atoms with Crippen LogP contribution in [-0.4, -0.2) is 36.9 Å². The quantitative estimate of drug-likeness (QED) is 0.334. The molecule has 2 fully saturated rings. The summed E-state index contributed by atoms with van der Waals surface area (Å²) < 4.78 is 5.52. The fraction of sp³-hybridized carbons (Fsp3) is 1.00. The van der Waals surface area contributed by atoms with Crippen molar-refractivity contribution in [3.63, 3.8) is 0 Å². The second kappa shape index (κ2) is 2.70. The van der Waals surface area contributed by atoms with Gasteiger partial charge in [-0.25, -0.2) is 0 Å². The van der Waals surface area contributed by atoms with Crippen molar-refractivity contribution in [1.82, 2.24) is 4.90 Å². The van der Waals surface area contributed by atoms with Crippen molar-refractivity contribution in [1.29, 1.82) is 0 Å². The fourth-order valence-corrected chi connectivity index (χ4v) is 1.54. The first-order chi connectivity index (χ1) is 5.40. The van der Waals surface area contributed by atoms with Crippen LogP contribution in [0.3, 0.4) is 0 Å². The van der Waals surface area contributed by atoms with Gasteiger partial charge in [-0.05, 0) is 12.0 Å². The Balaban J connectivity index is 1.84. The van der Waals surface area contributed by atoms with Crippen molar-refractivity contribution < 1.29 is 4.74 Å². The summed E-state index contributed by atoms with van der Waals surface area (Å²) in [5.41, 5.74) is 8.06. The Labute approximate surface area is 64.6 Å². The number of fused-ring (bicyclic) bond motifs is 1. The molecule has 0 amide bonds. The van der Waals surface area contributed by atoms with Crippen molar-refractivity contribution in [3.8, 4) is 0 Å². The summed E-state index contributed by atoms with van der Waals surface area (Å²) in [5.74, 6) is 0. The van der Waals surface area contributed by atoms with Gasteiger partial charge >= 0.3 is 0 Å². The Morgan fingerprint density at radius 2 is 2.64 bits per heavy atom. The smallest absolute Gasteiger partial charge is 0.112 e. The number of rotatable bonds is 2. The second-order valence-corrected chi connectivity index (χ2v) is 2.91. The first-order valence-electron chi connectivity index (χ1n) is 3.80. The summed E-state index contributed by atoms with van der Waals surface area (Å²) in [6.07, 6.45) is 1.60. The molecule has 0 bridgehead atoms. The van der Waals surface area contributed by atoms with Gasteiger partial charge in [0.15, 0.2) is 0 Å². The van der Waals surface area contributed by atoms with Gasteiger partial charge in [0.1, 0.15) is 6.23 Å². The van der Waals surface area contributed by atoms with Gasteiger partial charge in [-0.15, -0.1) is 0 Å². The number of hydrogen-bond donors (Lipinski definition) is 0. The van der Waals surface area contributed by atoms with E-state index in [2.05, 4.69) is 14.9 Å². The van der Waals surface area contributed by atoms with Crippen molar-refractivity contribution >= 4 is 0 Å². The summed E-state index contributed by atoms with van der Waals surface area (Å²) in [6, 6.07) is 0. The predicted molar refractivity (Wildman–Crippen MR) is 38.9 cm³/mol. The Bertz CT molecular complexity index is 189. The summed E-state index contributed by atoms with van der Waals surface area (Å²) >= 11 is 0. The summed E-state index contributed by atoms with van der Waals surface area (Å²) in [4.78, 5) is 4.96.